The predicted octanol–water partition coefficient (Wildman–Crippen LogP) is 8.26. The largest absolute Gasteiger partial charge is 0.465 e. The number of carboxylic acid groups (broad SMARTS) is 1. The Balaban J connectivity index is 0.00000169. The smallest absolute Gasteiger partial charge is 0.405 e. The molecule has 2 aliphatic heterocycles. The predicted molar refractivity (Wildman–Crippen MR) is 210 cm³/mol. The number of nitrogens with zero attached hydrogens (tertiary/aromatic N) is 3. The van der Waals surface area contributed by atoms with Crippen molar-refractivity contribution in [2.45, 2.75) is 44.1 Å². The summed E-state index contributed by atoms with van der Waals surface area (Å²) in [6.45, 7) is 5.28. The van der Waals surface area contributed by atoms with Crippen molar-refractivity contribution in [1.29, 1.82) is 0 Å². The first-order valence-electron chi connectivity index (χ1n) is 15.7. The molecule has 4 heterocycles. The molecule has 5 aromatic rings. The van der Waals surface area contributed by atoms with Crippen molar-refractivity contribution >= 4 is 84.2 Å². The van der Waals surface area contributed by atoms with E-state index in [2.05, 4.69) is 91.2 Å². The second-order valence-corrected chi connectivity index (χ2v) is 13.5. The van der Waals surface area contributed by atoms with E-state index in [1.54, 1.807) is 4.90 Å². The number of carbonyl (C=O) groups is 2. The number of hydrogen-bond acceptors (Lipinski definition) is 6. The molecule has 268 valence electrons. The van der Waals surface area contributed by atoms with Crippen molar-refractivity contribution in [2.75, 3.05) is 18.8 Å². The van der Waals surface area contributed by atoms with Gasteiger partial charge in [-0.2, -0.15) is 0 Å². The van der Waals surface area contributed by atoms with Gasteiger partial charge in [0.25, 0.3) is 0 Å². The fourth-order valence-electron chi connectivity index (χ4n) is 6.45. The fraction of sp³-hybridized carbons (Fsp3) is 0.314. The Morgan fingerprint density at radius 2 is 1.42 bits per heavy atom. The van der Waals surface area contributed by atoms with Crippen molar-refractivity contribution < 1.29 is 14.7 Å². The molecule has 3 atom stereocenters. The molecule has 2 amide bonds. The average Bonchev–Trinajstić information content (AvgIpc) is 3.89. The first-order chi connectivity index (χ1) is 22.3. The van der Waals surface area contributed by atoms with Gasteiger partial charge < -0.3 is 25.3 Å². The van der Waals surface area contributed by atoms with E-state index in [1.807, 2.05) is 38.0 Å². The lowest BCUT2D eigenvalue weighted by Crippen LogP contribution is -2.50. The number of amides is 2. The Morgan fingerprint density at radius 1 is 0.840 bits per heavy atom. The number of carbonyl (C=O) groups excluding carboxylic acids is 1. The zero-order valence-electron chi connectivity index (χ0n) is 27.4. The van der Waals surface area contributed by atoms with E-state index in [9.17, 15) is 14.7 Å². The molecule has 10 nitrogen and oxygen atoms in total. The molecule has 7 rings (SSSR count). The van der Waals surface area contributed by atoms with Crippen LogP contribution in [0.3, 0.4) is 0 Å². The summed E-state index contributed by atoms with van der Waals surface area (Å²) in [5.41, 5.74) is 6.31. The molecular formula is C35H41Cl4N7O3S. The molecule has 0 saturated carbocycles. The molecule has 3 aromatic carbocycles. The number of halogens is 4. The number of fused-ring (bicyclic) bond motifs is 1. The molecule has 0 aliphatic carbocycles. The van der Waals surface area contributed by atoms with Gasteiger partial charge in [0, 0.05) is 24.4 Å². The van der Waals surface area contributed by atoms with Gasteiger partial charge >= 0.3 is 6.09 Å². The molecule has 2 fully saturated rings. The molecule has 2 aliphatic rings. The van der Waals surface area contributed by atoms with Gasteiger partial charge in [-0.25, -0.2) is 14.8 Å². The van der Waals surface area contributed by atoms with Crippen molar-refractivity contribution in [3.63, 3.8) is 0 Å². The van der Waals surface area contributed by atoms with Gasteiger partial charge in [-0.3, -0.25) is 10.1 Å². The minimum Gasteiger partial charge on any atom is -0.465 e. The highest BCUT2D eigenvalue weighted by molar-refractivity contribution is 7.99. The van der Waals surface area contributed by atoms with Crippen molar-refractivity contribution in [1.82, 2.24) is 35.5 Å². The molecule has 0 spiro atoms. The van der Waals surface area contributed by atoms with E-state index in [4.69, 9.17) is 0 Å². The third-order valence-corrected chi connectivity index (χ3v) is 10.1. The van der Waals surface area contributed by atoms with Crippen LogP contribution in [0.15, 0.2) is 73.1 Å². The van der Waals surface area contributed by atoms with Crippen LogP contribution in [0.25, 0.3) is 44.4 Å². The third-order valence-electron chi connectivity index (χ3n) is 8.90. The SMILES string of the molecule is CC(C)[C@H](NC(=O)O)C(=O)N1CCC[C@H]1c1ncc(-c2ccc3cc(-c4ccc(-c5cnc([C@H]6NCCS6)[nH]5)cc4)ccc3c2)[nH]1.Cl.Cl.Cl.Cl. The molecule has 15 heteroatoms. The zero-order valence-corrected chi connectivity index (χ0v) is 31.5. The lowest BCUT2D eigenvalue weighted by molar-refractivity contribution is -0.135. The number of hydrogen-bond donors (Lipinski definition) is 5. The van der Waals surface area contributed by atoms with Gasteiger partial charge in [-0.05, 0) is 58.4 Å². The van der Waals surface area contributed by atoms with Gasteiger partial charge in [0.15, 0.2) is 0 Å². The lowest BCUT2D eigenvalue weighted by atomic mass is 9.98. The second-order valence-electron chi connectivity index (χ2n) is 12.3. The number of likely N-dealkylation sites (tertiary alicyclic amines) is 1. The van der Waals surface area contributed by atoms with Crippen LogP contribution in [0, 0.1) is 5.92 Å². The Morgan fingerprint density at radius 3 is 2.06 bits per heavy atom. The monoisotopic (exact) mass is 779 g/mol. The fourth-order valence-corrected chi connectivity index (χ4v) is 7.43. The van der Waals surface area contributed by atoms with Crippen LogP contribution in [0.4, 0.5) is 4.79 Å². The number of aromatic amines is 2. The van der Waals surface area contributed by atoms with Crippen molar-refractivity contribution in [3.8, 4) is 33.6 Å². The standard InChI is InChI=1S/C35H37N7O3S.4ClH/c1-20(2)30(41-35(44)45)34(43)42-14-3-4-29(42)31-37-19-28(39-31)26-12-11-24-16-23(9-10-25(24)17-26)21-5-7-22(8-6-21)27-18-38-32(40-27)33-36-13-15-46-33;;;;/h5-12,16-20,29-30,33,36,41H,3-4,13-15H2,1-2H3,(H,37,39)(H,38,40)(H,44,45);4*1H/t29-,30-,33-;;;;/m0..../s1. The van der Waals surface area contributed by atoms with E-state index in [0.717, 1.165) is 81.2 Å². The van der Waals surface area contributed by atoms with Crippen LogP contribution < -0.4 is 10.6 Å². The number of nitrogens with one attached hydrogen (secondary N) is 4. The van der Waals surface area contributed by atoms with Gasteiger partial charge in [0.05, 0.1) is 29.8 Å². The summed E-state index contributed by atoms with van der Waals surface area (Å²) < 4.78 is 0. The van der Waals surface area contributed by atoms with Crippen LogP contribution in [0.5, 0.6) is 0 Å². The number of thioether (sulfide) groups is 1. The average molecular weight is 782 g/mol. The van der Waals surface area contributed by atoms with Crippen molar-refractivity contribution in [2.24, 2.45) is 5.92 Å². The molecule has 2 aromatic heterocycles. The Kier molecular flexibility index (Phi) is 14.5. The van der Waals surface area contributed by atoms with Gasteiger partial charge in [0.2, 0.25) is 5.91 Å². The molecule has 50 heavy (non-hydrogen) atoms. The number of rotatable bonds is 8. The van der Waals surface area contributed by atoms with Crippen LogP contribution in [0.2, 0.25) is 0 Å². The summed E-state index contributed by atoms with van der Waals surface area (Å²) in [4.78, 5) is 42.6. The lowest BCUT2D eigenvalue weighted by Gasteiger charge is -2.29. The molecule has 0 bridgehead atoms. The number of aromatic nitrogens is 4. The quantitative estimate of drug-likeness (QED) is 0.107. The summed E-state index contributed by atoms with van der Waals surface area (Å²) in [5, 5.41) is 17.6. The number of H-pyrrole nitrogens is 2. The van der Waals surface area contributed by atoms with Crippen LogP contribution >= 0.6 is 61.4 Å². The topological polar surface area (TPSA) is 139 Å². The normalized spacial score (nSPS) is 17.3. The third kappa shape index (κ3) is 8.53. The summed E-state index contributed by atoms with van der Waals surface area (Å²) in [6, 6.07) is 20.4. The Hall–Kier alpha value is -3.45. The minimum absolute atomic E-state index is 0. The first kappa shape index (κ1) is 41.0. The van der Waals surface area contributed by atoms with Crippen LogP contribution in [-0.2, 0) is 4.79 Å². The summed E-state index contributed by atoms with van der Waals surface area (Å²) in [5.74, 6) is 2.43. The van der Waals surface area contributed by atoms with Crippen molar-refractivity contribution in [3.05, 3.63) is 84.7 Å². The highest BCUT2D eigenvalue weighted by atomic mass is 35.5. The Labute approximate surface area is 320 Å². The highest BCUT2D eigenvalue weighted by Crippen LogP contribution is 2.34. The summed E-state index contributed by atoms with van der Waals surface area (Å²) in [7, 11) is 0. The van der Waals surface area contributed by atoms with E-state index in [0.29, 0.717) is 6.54 Å². The van der Waals surface area contributed by atoms with Crippen LogP contribution in [0.1, 0.15) is 49.8 Å². The maximum absolute atomic E-state index is 13.3. The van der Waals surface area contributed by atoms with Gasteiger partial charge in [-0.1, -0.05) is 62.4 Å². The van der Waals surface area contributed by atoms with E-state index < -0.39 is 12.1 Å². The molecule has 0 unspecified atom stereocenters. The van der Waals surface area contributed by atoms with Gasteiger partial charge in [-0.15, -0.1) is 61.4 Å². The maximum Gasteiger partial charge on any atom is 0.405 e. The summed E-state index contributed by atoms with van der Waals surface area (Å²) in [6.07, 6.45) is 4.14. The minimum atomic E-state index is -1.19. The van der Waals surface area contributed by atoms with E-state index in [-0.39, 0.29) is 72.9 Å². The maximum atomic E-state index is 13.3. The highest BCUT2D eigenvalue weighted by Gasteiger charge is 2.37. The van der Waals surface area contributed by atoms with Gasteiger partial charge in [0.1, 0.15) is 23.1 Å². The molecule has 5 N–H and O–H groups in total. The zero-order chi connectivity index (χ0) is 31.8. The number of imidazole rings is 2. The number of benzene rings is 3. The second kappa shape index (κ2) is 17.7. The summed E-state index contributed by atoms with van der Waals surface area (Å²) >= 11 is 1.87. The molecule has 2 saturated heterocycles. The molecular weight excluding hydrogens is 740 g/mol. The molecule has 0 radical (unpaired) electrons. The Bertz CT molecular complexity index is 1900. The first-order valence-corrected chi connectivity index (χ1v) is 16.8. The van der Waals surface area contributed by atoms with Crippen LogP contribution in [-0.4, -0.2) is 66.8 Å². The van der Waals surface area contributed by atoms with E-state index >= 15 is 0 Å². The van der Waals surface area contributed by atoms with E-state index in [1.165, 1.54) is 0 Å².